The molecular formula is C9H13N3O2. The fraction of sp³-hybridized carbons (Fsp3) is 0.556. The third-order valence-corrected chi connectivity index (χ3v) is 2.46. The summed E-state index contributed by atoms with van der Waals surface area (Å²) in [5, 5.41) is 4.25. The third-order valence-electron chi connectivity index (χ3n) is 2.46. The summed E-state index contributed by atoms with van der Waals surface area (Å²) in [7, 11) is 0. The molecule has 1 aliphatic heterocycles. The van der Waals surface area contributed by atoms with Crippen LogP contribution >= 0.6 is 0 Å². The summed E-state index contributed by atoms with van der Waals surface area (Å²) >= 11 is 0. The number of aromatic nitrogens is 2. The first-order valence-electron chi connectivity index (χ1n) is 4.62. The summed E-state index contributed by atoms with van der Waals surface area (Å²) in [6.45, 7) is 3.21. The number of rotatable bonds is 2. The zero-order valence-corrected chi connectivity index (χ0v) is 8.06. The van der Waals surface area contributed by atoms with E-state index < -0.39 is 5.91 Å². The molecule has 14 heavy (non-hydrogen) atoms. The minimum Gasteiger partial charge on any atom is -0.379 e. The summed E-state index contributed by atoms with van der Waals surface area (Å²) in [5.41, 5.74) is 6.38. The van der Waals surface area contributed by atoms with Crippen LogP contribution in [0.15, 0.2) is 6.20 Å². The van der Waals surface area contributed by atoms with Gasteiger partial charge in [-0.1, -0.05) is 0 Å². The van der Waals surface area contributed by atoms with Crippen molar-refractivity contribution >= 4 is 5.91 Å². The number of nitrogens with zero attached hydrogens (tertiary/aromatic N) is 2. The first kappa shape index (κ1) is 9.21. The molecule has 0 radical (unpaired) electrons. The Hall–Kier alpha value is -1.36. The van der Waals surface area contributed by atoms with E-state index in [1.165, 1.54) is 0 Å². The predicted octanol–water partition coefficient (Wildman–Crippen LogP) is 0.252. The Bertz CT molecular complexity index is 353. The molecule has 2 heterocycles. The number of ether oxygens (including phenoxy) is 1. The van der Waals surface area contributed by atoms with E-state index in [4.69, 9.17) is 10.5 Å². The maximum absolute atomic E-state index is 11.0. The van der Waals surface area contributed by atoms with Gasteiger partial charge in [-0.15, -0.1) is 0 Å². The van der Waals surface area contributed by atoms with Gasteiger partial charge in [0.25, 0.3) is 5.91 Å². The van der Waals surface area contributed by atoms with Gasteiger partial charge in [-0.3, -0.25) is 9.48 Å². The number of carbonyl (C=O) groups excluding carboxylic acids is 1. The zero-order valence-electron chi connectivity index (χ0n) is 8.06. The van der Waals surface area contributed by atoms with Gasteiger partial charge >= 0.3 is 0 Å². The lowest BCUT2D eigenvalue weighted by molar-refractivity contribution is 0.0999. The fourth-order valence-corrected chi connectivity index (χ4v) is 1.64. The van der Waals surface area contributed by atoms with Crippen molar-refractivity contribution in [2.45, 2.75) is 19.4 Å². The van der Waals surface area contributed by atoms with Crippen molar-refractivity contribution in [2.24, 2.45) is 5.73 Å². The van der Waals surface area contributed by atoms with Gasteiger partial charge in [-0.05, 0) is 13.3 Å². The highest BCUT2D eigenvalue weighted by Crippen LogP contribution is 2.19. The molecular weight excluding hydrogens is 182 g/mol. The number of aryl methyl sites for hydroxylation is 1. The molecule has 5 heteroatoms. The Labute approximate surface area is 81.8 Å². The van der Waals surface area contributed by atoms with E-state index in [-0.39, 0.29) is 6.04 Å². The monoisotopic (exact) mass is 195 g/mol. The third kappa shape index (κ3) is 1.50. The molecule has 1 aliphatic rings. The lowest BCUT2D eigenvalue weighted by Gasteiger charge is -2.06. The van der Waals surface area contributed by atoms with Gasteiger partial charge in [0.1, 0.15) is 0 Å². The number of amides is 1. The van der Waals surface area contributed by atoms with Gasteiger partial charge in [0.05, 0.1) is 23.9 Å². The van der Waals surface area contributed by atoms with Crippen molar-refractivity contribution in [3.63, 3.8) is 0 Å². The van der Waals surface area contributed by atoms with Crippen molar-refractivity contribution in [1.29, 1.82) is 0 Å². The number of hydrogen-bond acceptors (Lipinski definition) is 3. The summed E-state index contributed by atoms with van der Waals surface area (Å²) in [6, 6.07) is 0.252. The molecule has 1 aromatic rings. The average molecular weight is 195 g/mol. The van der Waals surface area contributed by atoms with Crippen molar-refractivity contribution in [3.05, 3.63) is 17.5 Å². The highest BCUT2D eigenvalue weighted by molar-refractivity contribution is 5.93. The molecule has 0 spiro atoms. The molecule has 0 aliphatic carbocycles. The van der Waals surface area contributed by atoms with Gasteiger partial charge in [-0.2, -0.15) is 5.10 Å². The maximum Gasteiger partial charge on any atom is 0.252 e. The minimum atomic E-state index is -0.423. The largest absolute Gasteiger partial charge is 0.379 e. The molecule has 2 N–H and O–H groups in total. The molecule has 1 saturated heterocycles. The summed E-state index contributed by atoms with van der Waals surface area (Å²) in [6.07, 6.45) is 2.65. The van der Waals surface area contributed by atoms with Crippen LogP contribution in [-0.4, -0.2) is 28.9 Å². The molecule has 1 fully saturated rings. The Balaban J connectivity index is 2.27. The van der Waals surface area contributed by atoms with E-state index in [0.717, 1.165) is 13.0 Å². The minimum absolute atomic E-state index is 0.252. The Morgan fingerprint density at radius 1 is 1.79 bits per heavy atom. The molecule has 76 valence electrons. The average Bonchev–Trinajstić information content (AvgIpc) is 2.70. The Kier molecular flexibility index (Phi) is 2.25. The highest BCUT2D eigenvalue weighted by Gasteiger charge is 2.20. The van der Waals surface area contributed by atoms with Crippen LogP contribution < -0.4 is 5.73 Å². The van der Waals surface area contributed by atoms with Crippen molar-refractivity contribution in [3.8, 4) is 0 Å². The van der Waals surface area contributed by atoms with E-state index in [9.17, 15) is 4.79 Å². The Morgan fingerprint density at radius 2 is 2.57 bits per heavy atom. The summed E-state index contributed by atoms with van der Waals surface area (Å²) < 4.78 is 7.02. The van der Waals surface area contributed by atoms with Gasteiger partial charge in [0, 0.05) is 12.8 Å². The van der Waals surface area contributed by atoms with Crippen LogP contribution in [0.5, 0.6) is 0 Å². The van der Waals surface area contributed by atoms with E-state index in [1.54, 1.807) is 17.8 Å². The summed E-state index contributed by atoms with van der Waals surface area (Å²) in [4.78, 5) is 11.0. The molecule has 0 bridgehead atoms. The number of carbonyl (C=O) groups is 1. The first-order valence-corrected chi connectivity index (χ1v) is 4.62. The summed E-state index contributed by atoms with van der Waals surface area (Å²) in [5.74, 6) is -0.423. The van der Waals surface area contributed by atoms with Crippen molar-refractivity contribution in [2.75, 3.05) is 13.2 Å². The van der Waals surface area contributed by atoms with Crippen LogP contribution in [0.2, 0.25) is 0 Å². The topological polar surface area (TPSA) is 70.1 Å². The zero-order chi connectivity index (χ0) is 10.1. The normalized spacial score (nSPS) is 21.4. The molecule has 1 amide bonds. The van der Waals surface area contributed by atoms with Gasteiger partial charge in [-0.25, -0.2) is 0 Å². The molecule has 0 aromatic carbocycles. The van der Waals surface area contributed by atoms with Crippen LogP contribution in [0, 0.1) is 6.92 Å². The smallest absolute Gasteiger partial charge is 0.252 e. The highest BCUT2D eigenvalue weighted by atomic mass is 16.5. The van der Waals surface area contributed by atoms with Gasteiger partial charge in [0.2, 0.25) is 0 Å². The van der Waals surface area contributed by atoms with Crippen LogP contribution in [0.4, 0.5) is 0 Å². The molecule has 5 nitrogen and oxygen atoms in total. The lowest BCUT2D eigenvalue weighted by Crippen LogP contribution is -2.11. The quantitative estimate of drug-likeness (QED) is 0.735. The number of nitrogens with two attached hydrogens (primary N) is 1. The second-order valence-corrected chi connectivity index (χ2v) is 3.49. The number of hydrogen-bond donors (Lipinski definition) is 1. The molecule has 2 rings (SSSR count). The van der Waals surface area contributed by atoms with E-state index >= 15 is 0 Å². The van der Waals surface area contributed by atoms with Crippen LogP contribution in [-0.2, 0) is 4.74 Å². The van der Waals surface area contributed by atoms with E-state index in [0.29, 0.717) is 17.9 Å². The van der Waals surface area contributed by atoms with Crippen molar-refractivity contribution in [1.82, 2.24) is 9.78 Å². The van der Waals surface area contributed by atoms with Crippen molar-refractivity contribution < 1.29 is 9.53 Å². The number of primary amides is 1. The second-order valence-electron chi connectivity index (χ2n) is 3.49. The predicted molar refractivity (Wildman–Crippen MR) is 50.0 cm³/mol. The first-order chi connectivity index (χ1) is 6.68. The lowest BCUT2D eigenvalue weighted by atomic mass is 10.2. The van der Waals surface area contributed by atoms with E-state index in [1.807, 2.05) is 0 Å². The fourth-order valence-electron chi connectivity index (χ4n) is 1.64. The van der Waals surface area contributed by atoms with Crippen LogP contribution in [0.25, 0.3) is 0 Å². The Morgan fingerprint density at radius 3 is 3.07 bits per heavy atom. The molecule has 0 saturated carbocycles. The van der Waals surface area contributed by atoms with Crippen LogP contribution in [0.3, 0.4) is 0 Å². The van der Waals surface area contributed by atoms with E-state index in [2.05, 4.69) is 5.10 Å². The molecule has 1 aromatic heterocycles. The molecule has 1 unspecified atom stereocenters. The second kappa shape index (κ2) is 3.42. The van der Waals surface area contributed by atoms with Gasteiger partial charge < -0.3 is 10.5 Å². The SMILES string of the molecule is Cc1nn(C2CCOC2)cc1C(N)=O. The van der Waals surface area contributed by atoms with Gasteiger partial charge in [0.15, 0.2) is 0 Å². The van der Waals surface area contributed by atoms with Crippen LogP contribution in [0.1, 0.15) is 28.5 Å². The standard InChI is InChI=1S/C9H13N3O2/c1-6-8(9(10)13)4-12(11-6)7-2-3-14-5-7/h4,7H,2-3,5H2,1H3,(H2,10,13). The molecule has 1 atom stereocenters. The maximum atomic E-state index is 11.0.